The molecule has 26 heavy (non-hydrogen) atoms. The van der Waals surface area contributed by atoms with Crippen LogP contribution in [0.4, 0.5) is 10.5 Å². The topological polar surface area (TPSA) is 67.2 Å². The highest BCUT2D eigenvalue weighted by atomic mass is 35.5. The molecular weight excluding hydrogens is 350 g/mol. The number of oxazole rings is 1. The van der Waals surface area contributed by atoms with E-state index >= 15 is 0 Å². The van der Waals surface area contributed by atoms with Crippen molar-refractivity contribution in [3.8, 4) is 11.5 Å². The summed E-state index contributed by atoms with van der Waals surface area (Å²) in [5.41, 5.74) is 3.37. The van der Waals surface area contributed by atoms with E-state index in [2.05, 4.69) is 22.5 Å². The van der Waals surface area contributed by atoms with Crippen molar-refractivity contribution in [2.75, 3.05) is 5.32 Å². The normalized spacial score (nSPS) is 10.6. The van der Waals surface area contributed by atoms with Crippen molar-refractivity contribution in [2.45, 2.75) is 26.8 Å². The Morgan fingerprint density at radius 2 is 2.00 bits per heavy atom. The molecule has 134 valence electrons. The molecule has 0 aliphatic heterocycles. The number of aromatic nitrogens is 1. The van der Waals surface area contributed by atoms with Crippen LogP contribution in [0.2, 0.25) is 5.02 Å². The van der Waals surface area contributed by atoms with Crippen LogP contribution in [0.25, 0.3) is 11.5 Å². The summed E-state index contributed by atoms with van der Waals surface area (Å²) in [6.07, 6.45) is 0.849. The van der Waals surface area contributed by atoms with Crippen molar-refractivity contribution < 1.29 is 9.21 Å². The second-order valence-electron chi connectivity index (χ2n) is 5.85. The molecule has 0 fully saturated rings. The maximum Gasteiger partial charge on any atom is 0.319 e. The molecule has 6 heteroatoms. The quantitative estimate of drug-likeness (QED) is 0.650. The maximum atomic E-state index is 12.2. The number of para-hydroxylation sites is 1. The van der Waals surface area contributed by atoms with Gasteiger partial charge in [0.2, 0.25) is 5.89 Å². The summed E-state index contributed by atoms with van der Waals surface area (Å²) >= 11 is 6.01. The predicted octanol–water partition coefficient (Wildman–Crippen LogP) is 5.19. The fraction of sp³-hybridized carbons (Fsp3) is 0.200. The van der Waals surface area contributed by atoms with Crippen molar-refractivity contribution in [3.05, 3.63) is 70.6 Å². The third kappa shape index (κ3) is 4.24. The van der Waals surface area contributed by atoms with Crippen LogP contribution in [0.3, 0.4) is 0 Å². The first-order valence-electron chi connectivity index (χ1n) is 8.42. The van der Waals surface area contributed by atoms with E-state index in [1.807, 2.05) is 43.3 Å². The minimum Gasteiger partial charge on any atom is -0.441 e. The SMILES string of the molecule is CCc1ccccc1NC(=O)NCc1nc(-c2cccc(Cl)c2)oc1C. The van der Waals surface area contributed by atoms with Gasteiger partial charge in [-0.25, -0.2) is 9.78 Å². The molecule has 0 saturated carbocycles. The van der Waals surface area contributed by atoms with Gasteiger partial charge < -0.3 is 15.1 Å². The lowest BCUT2D eigenvalue weighted by molar-refractivity contribution is 0.251. The van der Waals surface area contributed by atoms with Gasteiger partial charge >= 0.3 is 6.03 Å². The number of carbonyl (C=O) groups is 1. The molecule has 0 spiro atoms. The van der Waals surface area contributed by atoms with E-state index < -0.39 is 0 Å². The zero-order chi connectivity index (χ0) is 18.5. The van der Waals surface area contributed by atoms with Gasteiger partial charge in [-0.15, -0.1) is 0 Å². The van der Waals surface area contributed by atoms with Crippen LogP contribution in [0.5, 0.6) is 0 Å². The van der Waals surface area contributed by atoms with Gasteiger partial charge in [-0.1, -0.05) is 42.8 Å². The van der Waals surface area contributed by atoms with Crippen LogP contribution in [0.1, 0.15) is 23.9 Å². The smallest absolute Gasteiger partial charge is 0.319 e. The molecule has 0 aliphatic carbocycles. The molecule has 0 radical (unpaired) electrons. The van der Waals surface area contributed by atoms with Crippen LogP contribution < -0.4 is 10.6 Å². The fourth-order valence-corrected chi connectivity index (χ4v) is 2.81. The molecule has 2 N–H and O–H groups in total. The molecule has 2 aromatic carbocycles. The van der Waals surface area contributed by atoms with Gasteiger partial charge in [-0.3, -0.25) is 0 Å². The average Bonchev–Trinajstić information content (AvgIpc) is 3.01. The number of benzene rings is 2. The highest BCUT2D eigenvalue weighted by Gasteiger charge is 2.13. The zero-order valence-electron chi connectivity index (χ0n) is 14.7. The number of hydrogen-bond donors (Lipinski definition) is 2. The van der Waals surface area contributed by atoms with Crippen molar-refractivity contribution in [3.63, 3.8) is 0 Å². The third-order valence-electron chi connectivity index (χ3n) is 4.03. The Labute approximate surface area is 157 Å². The largest absolute Gasteiger partial charge is 0.441 e. The van der Waals surface area contributed by atoms with E-state index in [1.165, 1.54) is 0 Å². The van der Waals surface area contributed by atoms with Gasteiger partial charge in [-0.2, -0.15) is 0 Å². The number of halogens is 1. The highest BCUT2D eigenvalue weighted by Crippen LogP contribution is 2.24. The van der Waals surface area contributed by atoms with Crippen molar-refractivity contribution in [1.82, 2.24) is 10.3 Å². The molecule has 0 bridgehead atoms. The number of nitrogens with one attached hydrogen (secondary N) is 2. The van der Waals surface area contributed by atoms with Gasteiger partial charge in [0.15, 0.2) is 0 Å². The van der Waals surface area contributed by atoms with E-state index in [1.54, 1.807) is 12.1 Å². The number of aryl methyl sites for hydroxylation is 2. The number of nitrogens with zero attached hydrogens (tertiary/aromatic N) is 1. The first-order chi connectivity index (χ1) is 12.6. The van der Waals surface area contributed by atoms with Gasteiger partial charge in [0.05, 0.1) is 6.54 Å². The van der Waals surface area contributed by atoms with Gasteiger partial charge in [-0.05, 0) is 43.2 Å². The number of amides is 2. The third-order valence-corrected chi connectivity index (χ3v) is 4.26. The molecule has 3 aromatic rings. The first kappa shape index (κ1) is 18.0. The molecule has 0 saturated heterocycles. The standard InChI is InChI=1S/C20H20ClN3O2/c1-3-14-7-4-5-10-17(14)24-20(25)22-12-18-13(2)26-19(23-18)15-8-6-9-16(21)11-15/h4-11H,3,12H2,1-2H3,(H2,22,24,25). The molecular formula is C20H20ClN3O2. The number of rotatable bonds is 5. The predicted molar refractivity (Wildman–Crippen MR) is 103 cm³/mol. The molecule has 0 aliphatic rings. The molecule has 1 heterocycles. The Morgan fingerprint density at radius 1 is 1.19 bits per heavy atom. The summed E-state index contributed by atoms with van der Waals surface area (Å²) in [4.78, 5) is 16.7. The molecule has 5 nitrogen and oxygen atoms in total. The maximum absolute atomic E-state index is 12.2. The Morgan fingerprint density at radius 3 is 2.77 bits per heavy atom. The van der Waals surface area contributed by atoms with Crippen LogP contribution in [0, 0.1) is 6.92 Å². The van der Waals surface area contributed by atoms with Crippen LogP contribution in [0.15, 0.2) is 52.9 Å². The summed E-state index contributed by atoms with van der Waals surface area (Å²) in [7, 11) is 0. The lowest BCUT2D eigenvalue weighted by atomic mass is 10.1. The Hall–Kier alpha value is -2.79. The summed E-state index contributed by atoms with van der Waals surface area (Å²) in [5, 5.41) is 6.31. The van der Waals surface area contributed by atoms with Crippen LogP contribution in [-0.2, 0) is 13.0 Å². The minimum absolute atomic E-state index is 0.274. The Kier molecular flexibility index (Phi) is 5.58. The summed E-state index contributed by atoms with van der Waals surface area (Å²) in [5.74, 6) is 1.15. The van der Waals surface area contributed by atoms with Crippen molar-refractivity contribution in [1.29, 1.82) is 0 Å². The van der Waals surface area contributed by atoms with Crippen molar-refractivity contribution in [2.24, 2.45) is 0 Å². The highest BCUT2D eigenvalue weighted by molar-refractivity contribution is 6.30. The van der Waals surface area contributed by atoms with E-state index in [0.29, 0.717) is 22.4 Å². The Balaban J connectivity index is 1.65. The second-order valence-corrected chi connectivity index (χ2v) is 6.29. The number of anilines is 1. The number of carbonyl (C=O) groups excluding carboxylic acids is 1. The minimum atomic E-state index is -0.280. The van der Waals surface area contributed by atoms with E-state index in [4.69, 9.17) is 16.0 Å². The van der Waals surface area contributed by atoms with Gasteiger partial charge in [0.1, 0.15) is 11.5 Å². The Bertz CT molecular complexity index is 921. The van der Waals surface area contributed by atoms with Crippen molar-refractivity contribution >= 4 is 23.3 Å². The summed E-state index contributed by atoms with van der Waals surface area (Å²) < 4.78 is 5.70. The van der Waals surface area contributed by atoms with Crippen LogP contribution in [-0.4, -0.2) is 11.0 Å². The van der Waals surface area contributed by atoms with Gasteiger partial charge in [0, 0.05) is 16.3 Å². The first-order valence-corrected chi connectivity index (χ1v) is 8.79. The molecule has 1 aromatic heterocycles. The molecule has 2 amide bonds. The summed E-state index contributed by atoms with van der Waals surface area (Å²) in [6, 6.07) is 14.8. The molecule has 0 atom stereocenters. The number of urea groups is 1. The van der Waals surface area contributed by atoms with E-state index in [-0.39, 0.29) is 12.6 Å². The average molecular weight is 370 g/mol. The lowest BCUT2D eigenvalue weighted by Gasteiger charge is -2.10. The van der Waals surface area contributed by atoms with Crippen LogP contribution >= 0.6 is 11.6 Å². The second kappa shape index (κ2) is 8.06. The molecule has 0 unspecified atom stereocenters. The monoisotopic (exact) mass is 369 g/mol. The lowest BCUT2D eigenvalue weighted by Crippen LogP contribution is -2.29. The van der Waals surface area contributed by atoms with Gasteiger partial charge in [0.25, 0.3) is 0 Å². The zero-order valence-corrected chi connectivity index (χ0v) is 15.4. The summed E-state index contributed by atoms with van der Waals surface area (Å²) in [6.45, 7) is 4.15. The molecule has 3 rings (SSSR count). The van der Waals surface area contributed by atoms with E-state index in [9.17, 15) is 4.79 Å². The van der Waals surface area contributed by atoms with E-state index in [0.717, 1.165) is 23.2 Å². The number of hydrogen-bond acceptors (Lipinski definition) is 3. The fourth-order valence-electron chi connectivity index (χ4n) is 2.62.